The summed E-state index contributed by atoms with van der Waals surface area (Å²) >= 11 is 0. The standard InChI is InChI=1S/C22H32N4.HI/c1-17(2)26(5)16-21-12-7-6-11-20(21)15-25-22(23-4)24-14-19-10-8-9-18(3)13-19;/h6-13,17H,14-16H2,1-5H3,(H2,23,24,25);1H. The molecule has 0 aliphatic rings. The van der Waals surface area contributed by atoms with E-state index in [0.29, 0.717) is 6.04 Å². The normalized spacial score (nSPS) is 11.4. The molecule has 2 N–H and O–H groups in total. The van der Waals surface area contributed by atoms with Gasteiger partial charge in [-0.05, 0) is 44.5 Å². The quantitative estimate of drug-likeness (QED) is 0.352. The van der Waals surface area contributed by atoms with E-state index in [0.717, 1.165) is 25.6 Å². The highest BCUT2D eigenvalue weighted by molar-refractivity contribution is 14.0. The molecule has 148 valence electrons. The molecule has 0 spiro atoms. The Morgan fingerprint density at radius 3 is 2.30 bits per heavy atom. The van der Waals surface area contributed by atoms with Crippen molar-refractivity contribution < 1.29 is 0 Å². The molecule has 0 atom stereocenters. The minimum Gasteiger partial charge on any atom is -0.352 e. The largest absolute Gasteiger partial charge is 0.352 e. The van der Waals surface area contributed by atoms with Crippen LogP contribution in [0.5, 0.6) is 0 Å². The van der Waals surface area contributed by atoms with Gasteiger partial charge in [-0.2, -0.15) is 0 Å². The summed E-state index contributed by atoms with van der Waals surface area (Å²) in [6.45, 7) is 9.02. The zero-order valence-electron chi connectivity index (χ0n) is 17.1. The Morgan fingerprint density at radius 2 is 1.67 bits per heavy atom. The number of guanidine groups is 1. The van der Waals surface area contributed by atoms with Gasteiger partial charge in [0.25, 0.3) is 0 Å². The van der Waals surface area contributed by atoms with Crippen molar-refractivity contribution in [1.82, 2.24) is 15.5 Å². The number of aliphatic imine (C=N–C) groups is 1. The monoisotopic (exact) mass is 480 g/mol. The average Bonchev–Trinajstić information content (AvgIpc) is 2.63. The summed E-state index contributed by atoms with van der Waals surface area (Å²) in [5, 5.41) is 6.82. The summed E-state index contributed by atoms with van der Waals surface area (Å²) in [4.78, 5) is 6.69. The van der Waals surface area contributed by atoms with Gasteiger partial charge in [0, 0.05) is 32.7 Å². The van der Waals surface area contributed by atoms with Crippen LogP contribution in [0.1, 0.15) is 36.1 Å². The van der Waals surface area contributed by atoms with Crippen molar-refractivity contribution in [2.45, 2.75) is 46.4 Å². The van der Waals surface area contributed by atoms with Gasteiger partial charge in [0.15, 0.2) is 5.96 Å². The molecular formula is C22H33IN4. The van der Waals surface area contributed by atoms with Crippen LogP contribution in [0.4, 0.5) is 0 Å². The van der Waals surface area contributed by atoms with Gasteiger partial charge in [-0.25, -0.2) is 0 Å². The van der Waals surface area contributed by atoms with Crippen molar-refractivity contribution in [3.63, 3.8) is 0 Å². The van der Waals surface area contributed by atoms with Crippen molar-refractivity contribution in [2.75, 3.05) is 14.1 Å². The van der Waals surface area contributed by atoms with Crippen molar-refractivity contribution in [2.24, 2.45) is 4.99 Å². The molecule has 0 fully saturated rings. The summed E-state index contributed by atoms with van der Waals surface area (Å²) in [7, 11) is 3.97. The number of nitrogens with one attached hydrogen (secondary N) is 2. The van der Waals surface area contributed by atoms with E-state index in [2.05, 4.69) is 96.9 Å². The van der Waals surface area contributed by atoms with Crippen LogP contribution >= 0.6 is 24.0 Å². The van der Waals surface area contributed by atoms with E-state index in [4.69, 9.17) is 0 Å². The Balaban J connectivity index is 0.00000364. The second-order valence-electron chi connectivity index (χ2n) is 7.05. The molecule has 0 saturated carbocycles. The Hall–Kier alpha value is -1.60. The molecule has 0 heterocycles. The minimum atomic E-state index is 0. The van der Waals surface area contributed by atoms with Crippen LogP contribution in [0.25, 0.3) is 0 Å². The minimum absolute atomic E-state index is 0. The number of halogens is 1. The molecule has 0 saturated heterocycles. The van der Waals surface area contributed by atoms with Crippen LogP contribution in [0.15, 0.2) is 53.5 Å². The van der Waals surface area contributed by atoms with Gasteiger partial charge in [-0.3, -0.25) is 9.89 Å². The molecule has 0 aliphatic carbocycles. The van der Waals surface area contributed by atoms with Crippen molar-refractivity contribution in [1.29, 1.82) is 0 Å². The molecule has 0 aliphatic heterocycles. The first-order valence-electron chi connectivity index (χ1n) is 9.26. The molecule has 0 amide bonds. The van der Waals surface area contributed by atoms with Gasteiger partial charge < -0.3 is 10.6 Å². The third kappa shape index (κ3) is 7.89. The molecule has 5 heteroatoms. The maximum atomic E-state index is 4.34. The topological polar surface area (TPSA) is 39.7 Å². The lowest BCUT2D eigenvalue weighted by molar-refractivity contribution is 0.265. The van der Waals surface area contributed by atoms with E-state index in [1.165, 1.54) is 22.3 Å². The number of nitrogens with zero attached hydrogens (tertiary/aromatic N) is 2. The van der Waals surface area contributed by atoms with Gasteiger partial charge >= 0.3 is 0 Å². The number of hydrogen-bond acceptors (Lipinski definition) is 2. The van der Waals surface area contributed by atoms with E-state index in [-0.39, 0.29) is 24.0 Å². The molecule has 0 aromatic heterocycles. The fourth-order valence-corrected chi connectivity index (χ4v) is 2.74. The Bertz CT molecular complexity index is 728. The molecule has 0 bridgehead atoms. The highest BCUT2D eigenvalue weighted by atomic mass is 127. The summed E-state index contributed by atoms with van der Waals surface area (Å²) in [6.07, 6.45) is 0. The zero-order chi connectivity index (χ0) is 18.9. The molecule has 4 nitrogen and oxygen atoms in total. The van der Waals surface area contributed by atoms with Gasteiger partial charge in [0.2, 0.25) is 0 Å². The highest BCUT2D eigenvalue weighted by Crippen LogP contribution is 2.12. The third-order valence-corrected chi connectivity index (χ3v) is 4.63. The lowest BCUT2D eigenvalue weighted by atomic mass is 10.1. The maximum Gasteiger partial charge on any atom is 0.191 e. The molecule has 0 radical (unpaired) electrons. The van der Waals surface area contributed by atoms with Crippen LogP contribution in [-0.4, -0.2) is 31.0 Å². The van der Waals surface area contributed by atoms with Crippen LogP contribution < -0.4 is 10.6 Å². The molecule has 2 aromatic carbocycles. The second kappa shape index (κ2) is 12.0. The Labute approximate surface area is 181 Å². The number of rotatable bonds is 7. The first-order chi connectivity index (χ1) is 12.5. The predicted molar refractivity (Wildman–Crippen MR) is 127 cm³/mol. The summed E-state index contributed by atoms with van der Waals surface area (Å²) in [5.74, 6) is 0.818. The number of hydrogen-bond donors (Lipinski definition) is 2. The van der Waals surface area contributed by atoms with Gasteiger partial charge in [-0.15, -0.1) is 24.0 Å². The van der Waals surface area contributed by atoms with Crippen LogP contribution in [-0.2, 0) is 19.6 Å². The van der Waals surface area contributed by atoms with Crippen molar-refractivity contribution in [3.8, 4) is 0 Å². The van der Waals surface area contributed by atoms with Gasteiger partial charge in [0.1, 0.15) is 0 Å². The van der Waals surface area contributed by atoms with Crippen molar-refractivity contribution in [3.05, 3.63) is 70.8 Å². The van der Waals surface area contributed by atoms with E-state index in [1.54, 1.807) is 0 Å². The molecule has 0 unspecified atom stereocenters. The number of aryl methyl sites for hydroxylation is 1. The van der Waals surface area contributed by atoms with Crippen LogP contribution in [0.2, 0.25) is 0 Å². The summed E-state index contributed by atoms with van der Waals surface area (Å²) in [5.41, 5.74) is 5.19. The zero-order valence-corrected chi connectivity index (χ0v) is 19.5. The van der Waals surface area contributed by atoms with E-state index < -0.39 is 0 Å². The van der Waals surface area contributed by atoms with Gasteiger partial charge in [0.05, 0.1) is 0 Å². The first kappa shape index (κ1) is 23.4. The van der Waals surface area contributed by atoms with Crippen molar-refractivity contribution >= 4 is 29.9 Å². The summed E-state index contributed by atoms with van der Waals surface area (Å²) in [6, 6.07) is 17.6. The summed E-state index contributed by atoms with van der Waals surface area (Å²) < 4.78 is 0. The lowest BCUT2D eigenvalue weighted by Crippen LogP contribution is -2.36. The molecule has 27 heavy (non-hydrogen) atoms. The molecule has 2 rings (SSSR count). The first-order valence-corrected chi connectivity index (χ1v) is 9.26. The maximum absolute atomic E-state index is 4.34. The molecule has 2 aromatic rings. The Kier molecular flexibility index (Phi) is 10.4. The predicted octanol–water partition coefficient (Wildman–Crippen LogP) is 4.32. The second-order valence-corrected chi connectivity index (χ2v) is 7.05. The Morgan fingerprint density at radius 1 is 1.00 bits per heavy atom. The van der Waals surface area contributed by atoms with Crippen LogP contribution in [0.3, 0.4) is 0 Å². The van der Waals surface area contributed by atoms with E-state index >= 15 is 0 Å². The van der Waals surface area contributed by atoms with Gasteiger partial charge in [-0.1, -0.05) is 54.1 Å². The molecular weight excluding hydrogens is 447 g/mol. The smallest absolute Gasteiger partial charge is 0.191 e. The number of benzene rings is 2. The fourth-order valence-electron chi connectivity index (χ4n) is 2.74. The fraction of sp³-hybridized carbons (Fsp3) is 0.409. The van der Waals surface area contributed by atoms with E-state index in [9.17, 15) is 0 Å². The lowest BCUT2D eigenvalue weighted by Gasteiger charge is -2.23. The third-order valence-electron chi connectivity index (χ3n) is 4.63. The average molecular weight is 480 g/mol. The van der Waals surface area contributed by atoms with Crippen LogP contribution in [0, 0.1) is 6.92 Å². The SMILES string of the molecule is CN=C(NCc1cccc(C)c1)NCc1ccccc1CN(C)C(C)C.I. The highest BCUT2D eigenvalue weighted by Gasteiger charge is 2.08. The van der Waals surface area contributed by atoms with E-state index in [1.807, 2.05) is 7.05 Å².